The molecule has 0 aromatic heterocycles. The predicted octanol–water partition coefficient (Wildman–Crippen LogP) is 4.43. The summed E-state index contributed by atoms with van der Waals surface area (Å²) in [7, 11) is 0. The number of carbonyl (C=O) groups excluding carboxylic acids is 1. The Labute approximate surface area is 131 Å². The molecule has 0 aliphatic carbocycles. The van der Waals surface area contributed by atoms with Gasteiger partial charge in [-0.2, -0.15) is 0 Å². The van der Waals surface area contributed by atoms with E-state index in [4.69, 9.17) is 5.11 Å². The molecule has 0 bridgehead atoms. The second kappa shape index (κ2) is 13.1. The van der Waals surface area contributed by atoms with Gasteiger partial charge in [0.05, 0.1) is 0 Å². The van der Waals surface area contributed by atoms with E-state index >= 15 is 0 Å². The highest BCUT2D eigenvalue weighted by atomic mass is 16.3. The summed E-state index contributed by atoms with van der Waals surface area (Å²) in [4.78, 5) is 11.7. The Morgan fingerprint density at radius 1 is 0.952 bits per heavy atom. The van der Waals surface area contributed by atoms with E-state index in [1.54, 1.807) is 0 Å². The van der Waals surface area contributed by atoms with Crippen molar-refractivity contribution in [2.45, 2.75) is 91.4 Å². The molecule has 3 nitrogen and oxygen atoms in total. The lowest BCUT2D eigenvalue weighted by Gasteiger charge is -2.23. The van der Waals surface area contributed by atoms with Gasteiger partial charge in [-0.1, -0.05) is 72.1 Å². The normalized spacial score (nSPS) is 11.6. The zero-order chi connectivity index (χ0) is 16.0. The van der Waals surface area contributed by atoms with Crippen molar-refractivity contribution in [2.75, 3.05) is 13.2 Å². The van der Waals surface area contributed by atoms with Gasteiger partial charge in [-0.15, -0.1) is 0 Å². The highest BCUT2D eigenvalue weighted by Crippen LogP contribution is 2.18. The third-order valence-electron chi connectivity index (χ3n) is 4.06. The number of hydrogen-bond donors (Lipinski definition) is 2. The Bertz CT molecular complexity index is 252. The molecule has 0 aromatic carbocycles. The Morgan fingerprint density at radius 3 is 2.00 bits per heavy atom. The largest absolute Gasteiger partial charge is 0.396 e. The molecule has 0 saturated heterocycles. The third kappa shape index (κ3) is 14.1. The topological polar surface area (TPSA) is 49.3 Å². The molecular formula is C18H37NO2. The molecule has 0 fully saturated rings. The number of nitrogens with one attached hydrogen (secondary N) is 1. The minimum atomic E-state index is -0.0110. The standard InChI is InChI=1S/C18H37NO2/c1-4-5-6-7-8-9-10-11-12-13-17(21)19-16-18(2,3)14-15-20/h20H,4-16H2,1-3H3,(H,19,21). The van der Waals surface area contributed by atoms with Gasteiger partial charge in [0, 0.05) is 19.6 Å². The minimum Gasteiger partial charge on any atom is -0.396 e. The first-order valence-corrected chi connectivity index (χ1v) is 8.89. The van der Waals surface area contributed by atoms with Gasteiger partial charge in [-0.05, 0) is 18.3 Å². The lowest BCUT2D eigenvalue weighted by molar-refractivity contribution is -0.121. The number of carbonyl (C=O) groups is 1. The number of aliphatic hydroxyl groups excluding tert-OH is 1. The summed E-state index contributed by atoms with van der Waals surface area (Å²) >= 11 is 0. The van der Waals surface area contributed by atoms with E-state index in [1.807, 2.05) is 0 Å². The quantitative estimate of drug-likeness (QED) is 0.466. The van der Waals surface area contributed by atoms with E-state index in [0.29, 0.717) is 13.0 Å². The summed E-state index contributed by atoms with van der Waals surface area (Å²) in [6, 6.07) is 0. The maximum Gasteiger partial charge on any atom is 0.220 e. The summed E-state index contributed by atoms with van der Waals surface area (Å²) in [6.45, 7) is 7.23. The molecule has 0 aromatic rings. The summed E-state index contributed by atoms with van der Waals surface area (Å²) in [5, 5.41) is 11.9. The number of hydrogen-bond acceptors (Lipinski definition) is 2. The molecule has 0 saturated carbocycles. The van der Waals surface area contributed by atoms with Gasteiger partial charge in [0.1, 0.15) is 0 Å². The van der Waals surface area contributed by atoms with E-state index in [9.17, 15) is 4.79 Å². The van der Waals surface area contributed by atoms with Crippen molar-refractivity contribution in [3.05, 3.63) is 0 Å². The molecule has 21 heavy (non-hydrogen) atoms. The van der Waals surface area contributed by atoms with Gasteiger partial charge in [0.2, 0.25) is 5.91 Å². The Hall–Kier alpha value is -0.570. The molecule has 3 heteroatoms. The monoisotopic (exact) mass is 299 g/mol. The summed E-state index contributed by atoms with van der Waals surface area (Å²) in [6.07, 6.45) is 12.9. The molecule has 2 N–H and O–H groups in total. The lowest BCUT2D eigenvalue weighted by Crippen LogP contribution is -2.34. The van der Waals surface area contributed by atoms with Crippen molar-refractivity contribution >= 4 is 5.91 Å². The molecule has 0 heterocycles. The molecule has 0 aliphatic heterocycles. The van der Waals surface area contributed by atoms with Gasteiger partial charge in [-0.3, -0.25) is 4.79 Å². The Morgan fingerprint density at radius 2 is 1.48 bits per heavy atom. The molecule has 0 unspecified atom stereocenters. The second-order valence-electron chi connectivity index (χ2n) is 6.99. The number of unbranched alkanes of at least 4 members (excludes halogenated alkanes) is 8. The van der Waals surface area contributed by atoms with Crippen LogP contribution in [0.5, 0.6) is 0 Å². The van der Waals surface area contributed by atoms with Crippen LogP contribution in [0.15, 0.2) is 0 Å². The summed E-state index contributed by atoms with van der Waals surface area (Å²) < 4.78 is 0. The van der Waals surface area contributed by atoms with E-state index in [1.165, 1.54) is 51.4 Å². The lowest BCUT2D eigenvalue weighted by atomic mass is 9.90. The molecule has 0 rings (SSSR count). The summed E-state index contributed by atoms with van der Waals surface area (Å²) in [5.41, 5.74) is -0.0110. The average molecular weight is 299 g/mol. The number of amides is 1. The first kappa shape index (κ1) is 20.4. The van der Waals surface area contributed by atoms with Crippen molar-refractivity contribution in [2.24, 2.45) is 5.41 Å². The zero-order valence-electron chi connectivity index (χ0n) is 14.5. The van der Waals surface area contributed by atoms with E-state index in [2.05, 4.69) is 26.1 Å². The van der Waals surface area contributed by atoms with Crippen LogP contribution in [0.3, 0.4) is 0 Å². The van der Waals surface area contributed by atoms with Gasteiger partial charge in [-0.25, -0.2) is 0 Å². The maximum atomic E-state index is 11.7. The Kier molecular flexibility index (Phi) is 12.8. The van der Waals surface area contributed by atoms with Crippen molar-refractivity contribution in [1.82, 2.24) is 5.32 Å². The molecule has 0 aliphatic rings. The van der Waals surface area contributed by atoms with Crippen molar-refractivity contribution < 1.29 is 9.90 Å². The minimum absolute atomic E-state index is 0.0110. The summed E-state index contributed by atoms with van der Waals surface area (Å²) in [5.74, 6) is 0.156. The zero-order valence-corrected chi connectivity index (χ0v) is 14.5. The highest BCUT2D eigenvalue weighted by molar-refractivity contribution is 5.75. The van der Waals surface area contributed by atoms with Crippen LogP contribution in [-0.4, -0.2) is 24.2 Å². The van der Waals surface area contributed by atoms with Crippen molar-refractivity contribution in [1.29, 1.82) is 0 Å². The van der Waals surface area contributed by atoms with Gasteiger partial charge in [0.15, 0.2) is 0 Å². The van der Waals surface area contributed by atoms with Crippen molar-refractivity contribution in [3.8, 4) is 0 Å². The van der Waals surface area contributed by atoms with E-state index in [0.717, 1.165) is 12.8 Å². The maximum absolute atomic E-state index is 11.7. The first-order chi connectivity index (χ1) is 10.0. The first-order valence-electron chi connectivity index (χ1n) is 8.89. The van der Waals surface area contributed by atoms with Gasteiger partial charge in [0.25, 0.3) is 0 Å². The van der Waals surface area contributed by atoms with Crippen LogP contribution in [0, 0.1) is 5.41 Å². The van der Waals surface area contributed by atoms with Crippen LogP contribution >= 0.6 is 0 Å². The highest BCUT2D eigenvalue weighted by Gasteiger charge is 2.17. The predicted molar refractivity (Wildman–Crippen MR) is 90.3 cm³/mol. The van der Waals surface area contributed by atoms with Crippen LogP contribution in [0.1, 0.15) is 91.4 Å². The van der Waals surface area contributed by atoms with Crippen LogP contribution < -0.4 is 5.32 Å². The molecule has 0 atom stereocenters. The molecular weight excluding hydrogens is 262 g/mol. The van der Waals surface area contributed by atoms with Crippen LogP contribution in [0.4, 0.5) is 0 Å². The molecule has 0 spiro atoms. The smallest absolute Gasteiger partial charge is 0.220 e. The molecule has 0 radical (unpaired) electrons. The van der Waals surface area contributed by atoms with E-state index < -0.39 is 0 Å². The van der Waals surface area contributed by atoms with E-state index in [-0.39, 0.29) is 17.9 Å². The fraction of sp³-hybridized carbons (Fsp3) is 0.944. The van der Waals surface area contributed by atoms with Crippen molar-refractivity contribution in [3.63, 3.8) is 0 Å². The van der Waals surface area contributed by atoms with Gasteiger partial charge >= 0.3 is 0 Å². The number of rotatable bonds is 14. The second-order valence-corrected chi connectivity index (χ2v) is 6.99. The van der Waals surface area contributed by atoms with Crippen LogP contribution in [0.2, 0.25) is 0 Å². The van der Waals surface area contributed by atoms with Gasteiger partial charge < -0.3 is 10.4 Å². The Balaban J connectivity index is 3.38. The third-order valence-corrected chi connectivity index (χ3v) is 4.06. The average Bonchev–Trinajstić information content (AvgIpc) is 2.43. The van der Waals surface area contributed by atoms with Crippen LogP contribution in [0.25, 0.3) is 0 Å². The fourth-order valence-corrected chi connectivity index (χ4v) is 2.41. The fourth-order valence-electron chi connectivity index (χ4n) is 2.41. The SMILES string of the molecule is CCCCCCCCCCCC(=O)NCC(C)(C)CCO. The molecule has 126 valence electrons. The van der Waals surface area contributed by atoms with Crippen LogP contribution in [-0.2, 0) is 4.79 Å². The number of aliphatic hydroxyl groups is 1. The molecule has 1 amide bonds.